The van der Waals surface area contributed by atoms with E-state index in [1.54, 1.807) is 24.4 Å². The summed E-state index contributed by atoms with van der Waals surface area (Å²) >= 11 is 3.42. The quantitative estimate of drug-likeness (QED) is 0.720. The lowest BCUT2D eigenvalue weighted by Gasteiger charge is -2.08. The largest absolute Gasteiger partial charge is 0.399 e. The van der Waals surface area contributed by atoms with Crippen molar-refractivity contribution in [3.8, 4) is 0 Å². The first kappa shape index (κ1) is 14.2. The lowest BCUT2D eigenvalue weighted by molar-refractivity contribution is 0.682. The molecule has 0 amide bonds. The molecule has 0 aliphatic rings. The second-order valence-electron chi connectivity index (χ2n) is 4.67. The Hall–Kier alpha value is -1.72. The Bertz CT molecular complexity index is 830. The number of hydrogen-bond donors (Lipinski definition) is 1. The molecular formula is C16H13BrN2OS. The minimum absolute atomic E-state index is 0.427. The van der Waals surface area contributed by atoms with E-state index in [-0.39, 0.29) is 0 Å². The maximum absolute atomic E-state index is 12.6. The van der Waals surface area contributed by atoms with E-state index in [0.29, 0.717) is 11.4 Å². The number of rotatable bonds is 3. The highest BCUT2D eigenvalue weighted by Crippen LogP contribution is 2.26. The SMILES string of the molecule is Nc1ccc(S(=O)Cc2cccc3cccnc23)c(Br)c1. The van der Waals surface area contributed by atoms with Crippen LogP contribution in [0.1, 0.15) is 5.56 Å². The van der Waals surface area contributed by atoms with Gasteiger partial charge in [-0.25, -0.2) is 0 Å². The molecule has 3 rings (SSSR count). The fraction of sp³-hybridized carbons (Fsp3) is 0.0625. The number of anilines is 1. The minimum Gasteiger partial charge on any atom is -0.399 e. The zero-order chi connectivity index (χ0) is 14.8. The van der Waals surface area contributed by atoms with Crippen molar-refractivity contribution in [2.24, 2.45) is 0 Å². The van der Waals surface area contributed by atoms with Gasteiger partial charge in [-0.05, 0) is 45.8 Å². The monoisotopic (exact) mass is 360 g/mol. The van der Waals surface area contributed by atoms with Gasteiger partial charge in [0.15, 0.2) is 0 Å². The first-order valence-corrected chi connectivity index (χ1v) is 8.52. The molecule has 2 N–H and O–H groups in total. The molecule has 1 aromatic heterocycles. The molecule has 0 saturated heterocycles. The van der Waals surface area contributed by atoms with E-state index in [0.717, 1.165) is 25.8 Å². The molecule has 1 atom stereocenters. The zero-order valence-corrected chi connectivity index (χ0v) is 13.5. The topological polar surface area (TPSA) is 56.0 Å². The van der Waals surface area contributed by atoms with E-state index < -0.39 is 10.8 Å². The van der Waals surface area contributed by atoms with Gasteiger partial charge >= 0.3 is 0 Å². The van der Waals surface area contributed by atoms with Crippen LogP contribution in [0.25, 0.3) is 10.9 Å². The van der Waals surface area contributed by atoms with Crippen LogP contribution in [0.5, 0.6) is 0 Å². The average molecular weight is 361 g/mol. The maximum atomic E-state index is 12.6. The number of halogens is 1. The summed E-state index contributed by atoms with van der Waals surface area (Å²) in [4.78, 5) is 5.15. The molecular weight excluding hydrogens is 348 g/mol. The van der Waals surface area contributed by atoms with Gasteiger partial charge < -0.3 is 5.73 Å². The Labute approximate surface area is 133 Å². The van der Waals surface area contributed by atoms with Crippen molar-refractivity contribution in [3.05, 3.63) is 64.8 Å². The first-order chi connectivity index (χ1) is 10.1. The summed E-state index contributed by atoms with van der Waals surface area (Å²) in [6, 6.07) is 15.2. The molecule has 3 aromatic rings. The molecule has 1 heterocycles. The number of nitrogens with two attached hydrogens (primary N) is 1. The number of pyridine rings is 1. The molecule has 3 nitrogen and oxygen atoms in total. The molecule has 21 heavy (non-hydrogen) atoms. The predicted octanol–water partition coefficient (Wildman–Crippen LogP) is 3.89. The van der Waals surface area contributed by atoms with Gasteiger partial charge in [0.25, 0.3) is 0 Å². The van der Waals surface area contributed by atoms with Crippen LogP contribution in [-0.2, 0) is 16.6 Å². The third-order valence-corrected chi connectivity index (χ3v) is 5.54. The van der Waals surface area contributed by atoms with Gasteiger partial charge in [-0.2, -0.15) is 0 Å². The van der Waals surface area contributed by atoms with Gasteiger partial charge in [-0.15, -0.1) is 0 Å². The number of aromatic nitrogens is 1. The number of nitrogens with zero attached hydrogens (tertiary/aromatic N) is 1. The third kappa shape index (κ3) is 2.99. The molecule has 0 aliphatic heterocycles. The highest BCUT2D eigenvalue weighted by Gasteiger charge is 2.11. The second kappa shape index (κ2) is 5.95. The van der Waals surface area contributed by atoms with E-state index in [1.807, 2.05) is 30.3 Å². The van der Waals surface area contributed by atoms with Crippen molar-refractivity contribution in [1.82, 2.24) is 4.98 Å². The van der Waals surface area contributed by atoms with Gasteiger partial charge in [0.1, 0.15) is 0 Å². The minimum atomic E-state index is -1.15. The number of nitrogen functional groups attached to an aromatic ring is 1. The van der Waals surface area contributed by atoms with Crippen molar-refractivity contribution in [1.29, 1.82) is 0 Å². The molecule has 0 saturated carbocycles. The summed E-state index contributed by atoms with van der Waals surface area (Å²) in [5, 5.41) is 1.06. The lowest BCUT2D eigenvalue weighted by Crippen LogP contribution is -1.99. The highest BCUT2D eigenvalue weighted by molar-refractivity contribution is 9.10. The number of para-hydroxylation sites is 1. The summed E-state index contributed by atoms with van der Waals surface area (Å²) in [7, 11) is -1.15. The molecule has 0 bridgehead atoms. The summed E-state index contributed by atoms with van der Waals surface area (Å²) in [6.07, 6.45) is 1.76. The highest BCUT2D eigenvalue weighted by atomic mass is 79.9. The van der Waals surface area contributed by atoms with E-state index in [2.05, 4.69) is 20.9 Å². The van der Waals surface area contributed by atoms with Crippen LogP contribution in [0, 0.1) is 0 Å². The number of fused-ring (bicyclic) bond motifs is 1. The van der Waals surface area contributed by atoms with Crippen LogP contribution in [0.3, 0.4) is 0 Å². The first-order valence-electron chi connectivity index (χ1n) is 6.41. The number of benzene rings is 2. The Morgan fingerprint density at radius 1 is 1.14 bits per heavy atom. The standard InChI is InChI=1S/C16H13BrN2OS/c17-14-9-13(18)6-7-15(14)21(20)10-12-4-1-3-11-5-2-8-19-16(11)12/h1-9H,10,18H2. The van der Waals surface area contributed by atoms with Crippen LogP contribution in [0.4, 0.5) is 5.69 Å². The molecule has 0 radical (unpaired) electrons. The van der Waals surface area contributed by atoms with Crippen LogP contribution in [-0.4, -0.2) is 9.19 Å². The lowest BCUT2D eigenvalue weighted by atomic mass is 10.1. The molecule has 0 aliphatic carbocycles. The smallest absolute Gasteiger partial charge is 0.0743 e. The maximum Gasteiger partial charge on any atom is 0.0743 e. The van der Waals surface area contributed by atoms with Crippen molar-refractivity contribution in [2.45, 2.75) is 10.6 Å². The molecule has 0 fully saturated rings. The predicted molar refractivity (Wildman–Crippen MR) is 90.4 cm³/mol. The third-order valence-electron chi connectivity index (χ3n) is 3.20. The van der Waals surface area contributed by atoms with Gasteiger partial charge in [0.2, 0.25) is 0 Å². The van der Waals surface area contributed by atoms with Gasteiger partial charge in [0, 0.05) is 21.7 Å². The van der Waals surface area contributed by atoms with Crippen LogP contribution < -0.4 is 5.73 Å². The normalized spacial score (nSPS) is 12.4. The fourth-order valence-electron chi connectivity index (χ4n) is 2.20. The van der Waals surface area contributed by atoms with E-state index >= 15 is 0 Å². The molecule has 2 aromatic carbocycles. The summed E-state index contributed by atoms with van der Waals surface area (Å²) < 4.78 is 13.4. The van der Waals surface area contributed by atoms with Crippen LogP contribution in [0.15, 0.2) is 64.1 Å². The van der Waals surface area contributed by atoms with Gasteiger partial charge in [-0.1, -0.05) is 24.3 Å². The van der Waals surface area contributed by atoms with E-state index in [1.165, 1.54) is 0 Å². The molecule has 106 valence electrons. The average Bonchev–Trinajstić information content (AvgIpc) is 2.47. The van der Waals surface area contributed by atoms with E-state index in [4.69, 9.17) is 5.73 Å². The second-order valence-corrected chi connectivity index (χ2v) is 6.95. The van der Waals surface area contributed by atoms with Crippen molar-refractivity contribution < 1.29 is 4.21 Å². The molecule has 1 unspecified atom stereocenters. The Kier molecular flexibility index (Phi) is 4.03. The van der Waals surface area contributed by atoms with Crippen molar-refractivity contribution in [2.75, 3.05) is 5.73 Å². The van der Waals surface area contributed by atoms with Crippen LogP contribution >= 0.6 is 15.9 Å². The Morgan fingerprint density at radius 2 is 1.95 bits per heavy atom. The van der Waals surface area contributed by atoms with Crippen molar-refractivity contribution in [3.63, 3.8) is 0 Å². The fourth-order valence-corrected chi connectivity index (χ4v) is 4.31. The van der Waals surface area contributed by atoms with E-state index in [9.17, 15) is 4.21 Å². The van der Waals surface area contributed by atoms with Gasteiger partial charge in [0.05, 0.1) is 27.0 Å². The zero-order valence-electron chi connectivity index (χ0n) is 11.1. The molecule has 0 spiro atoms. The van der Waals surface area contributed by atoms with Crippen LogP contribution in [0.2, 0.25) is 0 Å². The summed E-state index contributed by atoms with van der Waals surface area (Å²) in [5.74, 6) is 0.427. The number of hydrogen-bond acceptors (Lipinski definition) is 3. The van der Waals surface area contributed by atoms with Gasteiger partial charge in [-0.3, -0.25) is 9.19 Å². The van der Waals surface area contributed by atoms with Crippen molar-refractivity contribution >= 4 is 43.3 Å². The molecule has 5 heteroatoms. The summed E-state index contributed by atoms with van der Waals surface area (Å²) in [6.45, 7) is 0. The summed E-state index contributed by atoms with van der Waals surface area (Å²) in [5.41, 5.74) is 8.25. The Morgan fingerprint density at radius 3 is 2.76 bits per heavy atom. The Balaban J connectivity index is 1.97.